The second-order valence-corrected chi connectivity index (χ2v) is 5.29. The van der Waals surface area contributed by atoms with Crippen LogP contribution in [0.4, 0.5) is 0 Å². The summed E-state index contributed by atoms with van der Waals surface area (Å²) >= 11 is 9.94. The quantitative estimate of drug-likeness (QED) is 0.682. The SMILES string of the molecule is CCOc1ccc(Br)cc1C(Cl)C(C)CC. The van der Waals surface area contributed by atoms with Crippen LogP contribution in [-0.4, -0.2) is 6.61 Å². The molecule has 1 rings (SSSR count). The fraction of sp³-hybridized carbons (Fsp3) is 0.538. The van der Waals surface area contributed by atoms with Gasteiger partial charge in [0.15, 0.2) is 0 Å². The lowest BCUT2D eigenvalue weighted by Crippen LogP contribution is -2.05. The van der Waals surface area contributed by atoms with E-state index in [9.17, 15) is 0 Å². The van der Waals surface area contributed by atoms with Crippen molar-refractivity contribution in [3.8, 4) is 5.75 Å². The van der Waals surface area contributed by atoms with Gasteiger partial charge in [-0.2, -0.15) is 0 Å². The fourth-order valence-electron chi connectivity index (χ4n) is 1.54. The number of hydrogen-bond donors (Lipinski definition) is 0. The monoisotopic (exact) mass is 304 g/mol. The normalized spacial score (nSPS) is 14.6. The predicted molar refractivity (Wildman–Crippen MR) is 73.4 cm³/mol. The Labute approximate surface area is 111 Å². The summed E-state index contributed by atoms with van der Waals surface area (Å²) in [7, 11) is 0. The van der Waals surface area contributed by atoms with Crippen LogP contribution in [0, 0.1) is 5.92 Å². The molecule has 2 atom stereocenters. The third-order valence-electron chi connectivity index (χ3n) is 2.71. The van der Waals surface area contributed by atoms with Crippen LogP contribution in [0.5, 0.6) is 5.75 Å². The van der Waals surface area contributed by atoms with Crippen LogP contribution in [0.3, 0.4) is 0 Å². The maximum absolute atomic E-state index is 6.47. The van der Waals surface area contributed by atoms with Crippen LogP contribution in [-0.2, 0) is 0 Å². The molecule has 0 aliphatic carbocycles. The molecule has 0 spiro atoms. The molecule has 90 valence electrons. The minimum Gasteiger partial charge on any atom is -0.494 e. The molecule has 0 radical (unpaired) electrons. The van der Waals surface area contributed by atoms with Crippen molar-refractivity contribution in [2.24, 2.45) is 5.92 Å². The fourth-order valence-corrected chi connectivity index (χ4v) is 2.26. The van der Waals surface area contributed by atoms with Crippen LogP contribution in [0.15, 0.2) is 22.7 Å². The summed E-state index contributed by atoms with van der Waals surface area (Å²) in [4.78, 5) is 0. The topological polar surface area (TPSA) is 9.23 Å². The van der Waals surface area contributed by atoms with Gasteiger partial charge in [-0.3, -0.25) is 0 Å². The standard InChI is InChI=1S/C13H18BrClO/c1-4-9(3)13(15)11-8-10(14)6-7-12(11)16-5-2/h6-9,13H,4-5H2,1-3H3. The van der Waals surface area contributed by atoms with Gasteiger partial charge in [-0.05, 0) is 31.0 Å². The Hall–Kier alpha value is -0.210. The van der Waals surface area contributed by atoms with E-state index in [-0.39, 0.29) is 5.38 Å². The molecule has 0 aromatic heterocycles. The van der Waals surface area contributed by atoms with Gasteiger partial charge in [0.2, 0.25) is 0 Å². The van der Waals surface area contributed by atoms with E-state index in [1.54, 1.807) is 0 Å². The number of alkyl halides is 1. The molecule has 0 saturated heterocycles. The molecule has 0 saturated carbocycles. The van der Waals surface area contributed by atoms with Crippen LogP contribution in [0.25, 0.3) is 0 Å². The van der Waals surface area contributed by atoms with E-state index < -0.39 is 0 Å². The molecule has 0 heterocycles. The molecule has 1 nitrogen and oxygen atoms in total. The predicted octanol–water partition coefficient (Wildman–Crippen LogP) is 5.17. The highest BCUT2D eigenvalue weighted by Gasteiger charge is 2.19. The molecule has 0 bridgehead atoms. The Morgan fingerprint density at radius 1 is 1.38 bits per heavy atom. The maximum atomic E-state index is 6.47. The molecule has 1 aromatic carbocycles. The smallest absolute Gasteiger partial charge is 0.124 e. The lowest BCUT2D eigenvalue weighted by atomic mass is 9.97. The van der Waals surface area contributed by atoms with Crippen LogP contribution in [0.1, 0.15) is 38.1 Å². The van der Waals surface area contributed by atoms with Crippen molar-refractivity contribution < 1.29 is 4.74 Å². The van der Waals surface area contributed by atoms with Gasteiger partial charge < -0.3 is 4.74 Å². The molecular weight excluding hydrogens is 287 g/mol. The zero-order valence-electron chi connectivity index (χ0n) is 9.97. The van der Waals surface area contributed by atoms with Crippen LogP contribution in [0.2, 0.25) is 0 Å². The number of hydrogen-bond acceptors (Lipinski definition) is 1. The van der Waals surface area contributed by atoms with Crippen LogP contribution >= 0.6 is 27.5 Å². The van der Waals surface area contributed by atoms with Crippen molar-refractivity contribution in [3.05, 3.63) is 28.2 Å². The summed E-state index contributed by atoms with van der Waals surface area (Å²) < 4.78 is 6.64. The molecule has 2 unspecified atom stereocenters. The molecule has 1 aromatic rings. The molecule has 0 aliphatic rings. The Bertz CT molecular complexity index is 341. The summed E-state index contributed by atoms with van der Waals surface area (Å²) in [6.45, 7) is 6.96. The van der Waals surface area contributed by atoms with Gasteiger partial charge in [0.1, 0.15) is 5.75 Å². The van der Waals surface area contributed by atoms with Gasteiger partial charge in [-0.25, -0.2) is 0 Å². The van der Waals surface area contributed by atoms with E-state index >= 15 is 0 Å². The highest BCUT2D eigenvalue weighted by atomic mass is 79.9. The first-order valence-electron chi connectivity index (χ1n) is 5.66. The van der Waals surface area contributed by atoms with Gasteiger partial charge in [0.05, 0.1) is 12.0 Å². The van der Waals surface area contributed by atoms with E-state index in [1.165, 1.54) is 0 Å². The third kappa shape index (κ3) is 3.39. The lowest BCUT2D eigenvalue weighted by Gasteiger charge is -2.20. The van der Waals surface area contributed by atoms with Gasteiger partial charge in [0, 0.05) is 10.0 Å². The zero-order valence-corrected chi connectivity index (χ0v) is 12.3. The van der Waals surface area contributed by atoms with Crippen molar-refractivity contribution >= 4 is 27.5 Å². The first kappa shape index (κ1) is 13.9. The number of rotatable bonds is 5. The average molecular weight is 306 g/mol. The molecule has 0 aliphatic heterocycles. The first-order chi connectivity index (χ1) is 7.60. The molecule has 3 heteroatoms. The second kappa shape index (κ2) is 6.51. The van der Waals surface area contributed by atoms with E-state index in [2.05, 4.69) is 35.8 Å². The van der Waals surface area contributed by atoms with Gasteiger partial charge in [-0.1, -0.05) is 36.2 Å². The summed E-state index contributed by atoms with van der Waals surface area (Å²) in [5.41, 5.74) is 1.08. The molecule has 0 amide bonds. The number of ether oxygens (including phenoxy) is 1. The van der Waals surface area contributed by atoms with Gasteiger partial charge in [0.25, 0.3) is 0 Å². The maximum Gasteiger partial charge on any atom is 0.124 e. The summed E-state index contributed by atoms with van der Waals surface area (Å²) in [6.07, 6.45) is 1.06. The van der Waals surface area contributed by atoms with Crippen molar-refractivity contribution in [2.45, 2.75) is 32.6 Å². The molecule has 0 N–H and O–H groups in total. The summed E-state index contributed by atoms with van der Waals surface area (Å²) in [5.74, 6) is 1.33. The average Bonchev–Trinajstić information content (AvgIpc) is 2.29. The lowest BCUT2D eigenvalue weighted by molar-refractivity contribution is 0.333. The minimum absolute atomic E-state index is 0.00375. The van der Waals surface area contributed by atoms with E-state index in [4.69, 9.17) is 16.3 Å². The van der Waals surface area contributed by atoms with Crippen molar-refractivity contribution in [1.29, 1.82) is 0 Å². The van der Waals surface area contributed by atoms with Gasteiger partial charge >= 0.3 is 0 Å². The summed E-state index contributed by atoms with van der Waals surface area (Å²) in [5, 5.41) is 0.00375. The Morgan fingerprint density at radius 3 is 2.62 bits per heavy atom. The van der Waals surface area contributed by atoms with E-state index in [1.807, 2.05) is 19.1 Å². The zero-order chi connectivity index (χ0) is 12.1. The summed E-state index contributed by atoms with van der Waals surface area (Å²) in [6, 6.07) is 6.00. The Morgan fingerprint density at radius 2 is 2.06 bits per heavy atom. The minimum atomic E-state index is 0.00375. The van der Waals surface area contributed by atoms with Crippen molar-refractivity contribution in [1.82, 2.24) is 0 Å². The van der Waals surface area contributed by atoms with Crippen LogP contribution < -0.4 is 4.74 Å². The highest BCUT2D eigenvalue weighted by Crippen LogP contribution is 2.38. The molecule has 0 fully saturated rings. The Kier molecular flexibility index (Phi) is 5.63. The second-order valence-electron chi connectivity index (χ2n) is 3.90. The Balaban J connectivity index is 3.03. The largest absolute Gasteiger partial charge is 0.494 e. The highest BCUT2D eigenvalue weighted by molar-refractivity contribution is 9.10. The van der Waals surface area contributed by atoms with Crippen molar-refractivity contribution in [2.75, 3.05) is 6.61 Å². The number of halogens is 2. The molecular formula is C13H18BrClO. The van der Waals surface area contributed by atoms with E-state index in [0.29, 0.717) is 12.5 Å². The van der Waals surface area contributed by atoms with Crippen molar-refractivity contribution in [3.63, 3.8) is 0 Å². The first-order valence-corrected chi connectivity index (χ1v) is 6.89. The van der Waals surface area contributed by atoms with E-state index in [0.717, 1.165) is 22.2 Å². The number of benzene rings is 1. The van der Waals surface area contributed by atoms with Gasteiger partial charge in [-0.15, -0.1) is 11.6 Å². The third-order valence-corrected chi connectivity index (χ3v) is 3.87. The molecule has 16 heavy (non-hydrogen) atoms.